The highest BCUT2D eigenvalue weighted by Gasteiger charge is 2.39. The van der Waals surface area contributed by atoms with Gasteiger partial charge in [-0.2, -0.15) is 0 Å². The van der Waals surface area contributed by atoms with E-state index in [1.54, 1.807) is 0 Å². The van der Waals surface area contributed by atoms with Crippen LogP contribution in [0.25, 0.3) is 0 Å². The molecular formula is C32H67NO3. The molecule has 2 N–H and O–H groups in total. The molecule has 1 rings (SSSR count). The summed E-state index contributed by atoms with van der Waals surface area (Å²) in [6.45, 7) is 17.3. The lowest BCUT2D eigenvalue weighted by atomic mass is 9.81. The molecule has 0 spiro atoms. The molecule has 0 atom stereocenters. The van der Waals surface area contributed by atoms with Crippen molar-refractivity contribution >= 4 is 6.16 Å². The average Bonchev–Trinajstić information content (AvgIpc) is 2.76. The topological polar surface area (TPSA) is 58.6 Å². The Balaban J connectivity index is 0. The zero-order valence-electron chi connectivity index (χ0n) is 26.0. The van der Waals surface area contributed by atoms with Gasteiger partial charge in [-0.25, -0.2) is 4.79 Å². The molecule has 0 aliphatic carbocycles. The maximum Gasteiger partial charge on any atom is 0.506 e. The molecule has 218 valence electrons. The zero-order valence-corrected chi connectivity index (χ0v) is 26.0. The summed E-state index contributed by atoms with van der Waals surface area (Å²) >= 11 is 0. The number of hydrogen-bond acceptors (Lipinski definition) is 3. The van der Waals surface area contributed by atoms with E-state index in [2.05, 4.69) is 60.7 Å². The predicted octanol–water partition coefficient (Wildman–Crippen LogP) is 11.1. The first kappa shape index (κ1) is 37.4. The van der Waals surface area contributed by atoms with E-state index in [-0.39, 0.29) is 17.2 Å². The van der Waals surface area contributed by atoms with Gasteiger partial charge in [0.25, 0.3) is 0 Å². The first-order valence-electron chi connectivity index (χ1n) is 15.7. The number of rotatable bonds is 17. The zero-order chi connectivity index (χ0) is 27.7. The van der Waals surface area contributed by atoms with Crippen LogP contribution in [-0.4, -0.2) is 28.4 Å². The predicted molar refractivity (Wildman–Crippen MR) is 159 cm³/mol. The van der Waals surface area contributed by atoms with Crippen LogP contribution in [0.4, 0.5) is 4.79 Å². The van der Waals surface area contributed by atoms with E-state index >= 15 is 0 Å². The minimum Gasteiger partial charge on any atom is -0.450 e. The lowest BCUT2D eigenvalue weighted by molar-refractivity contribution is -0.00414. The van der Waals surface area contributed by atoms with Crippen molar-refractivity contribution in [1.29, 1.82) is 0 Å². The molecule has 1 fully saturated rings. The second-order valence-electron chi connectivity index (χ2n) is 12.3. The largest absolute Gasteiger partial charge is 0.506 e. The summed E-state index contributed by atoms with van der Waals surface area (Å²) < 4.78 is 4.84. The molecule has 4 heteroatoms. The smallest absolute Gasteiger partial charge is 0.450 e. The van der Waals surface area contributed by atoms with Gasteiger partial charge < -0.3 is 15.2 Å². The number of hydrogen-bond donors (Lipinski definition) is 2. The van der Waals surface area contributed by atoms with E-state index in [9.17, 15) is 4.79 Å². The third-order valence-electron chi connectivity index (χ3n) is 6.83. The molecule has 0 radical (unpaired) electrons. The molecule has 36 heavy (non-hydrogen) atoms. The summed E-state index contributed by atoms with van der Waals surface area (Å²) in [5.74, 6) is 0. The maximum atomic E-state index is 10.4. The van der Waals surface area contributed by atoms with Crippen molar-refractivity contribution in [2.45, 2.75) is 201 Å². The van der Waals surface area contributed by atoms with Gasteiger partial charge in [0.05, 0.1) is 0 Å². The second-order valence-corrected chi connectivity index (χ2v) is 12.3. The molecule has 1 aliphatic rings. The molecule has 0 bridgehead atoms. The van der Waals surface area contributed by atoms with Gasteiger partial charge in [0.2, 0.25) is 0 Å². The third kappa shape index (κ3) is 27.8. The Bertz CT molecular complexity index is 426. The van der Waals surface area contributed by atoms with Gasteiger partial charge in [0, 0.05) is 23.9 Å². The van der Waals surface area contributed by atoms with Crippen LogP contribution in [0.3, 0.4) is 0 Å². The van der Waals surface area contributed by atoms with Gasteiger partial charge in [-0.05, 0) is 27.7 Å². The lowest BCUT2D eigenvalue weighted by Gasteiger charge is -2.45. The van der Waals surface area contributed by atoms with Crippen LogP contribution in [-0.2, 0) is 4.74 Å². The van der Waals surface area contributed by atoms with Crippen LogP contribution >= 0.6 is 0 Å². The second kappa shape index (κ2) is 24.6. The molecule has 0 unspecified atom stereocenters. The molecule has 1 saturated heterocycles. The van der Waals surface area contributed by atoms with E-state index in [1.807, 2.05) is 0 Å². The summed E-state index contributed by atoms with van der Waals surface area (Å²) in [6, 6.07) is 0. The minimum atomic E-state index is -1.18. The highest BCUT2D eigenvalue weighted by molar-refractivity contribution is 5.57. The van der Waals surface area contributed by atoms with E-state index in [4.69, 9.17) is 9.84 Å². The number of carbonyl (C=O) groups is 1. The Hall–Kier alpha value is -0.770. The molecule has 0 amide bonds. The fourth-order valence-corrected chi connectivity index (χ4v) is 5.22. The summed E-state index contributed by atoms with van der Waals surface area (Å²) in [6.07, 6.45) is 26.0. The molecule has 0 aromatic rings. The quantitative estimate of drug-likeness (QED) is 0.150. The van der Waals surface area contributed by atoms with E-state index in [0.29, 0.717) is 0 Å². The number of carboxylic acid groups (broad SMARTS) is 1. The minimum absolute atomic E-state index is 0.0676. The summed E-state index contributed by atoms with van der Waals surface area (Å²) in [7, 11) is 0. The normalized spacial score (nSPS) is 16.3. The van der Waals surface area contributed by atoms with E-state index in [0.717, 1.165) is 12.8 Å². The molecule has 1 aliphatic heterocycles. The van der Waals surface area contributed by atoms with Crippen molar-refractivity contribution in [2.24, 2.45) is 0 Å². The van der Waals surface area contributed by atoms with Crippen LogP contribution in [0.15, 0.2) is 0 Å². The third-order valence-corrected chi connectivity index (χ3v) is 6.83. The highest BCUT2D eigenvalue weighted by Crippen LogP contribution is 2.30. The summed E-state index contributed by atoms with van der Waals surface area (Å²) in [4.78, 5) is 10.4. The van der Waals surface area contributed by atoms with Gasteiger partial charge in [0.1, 0.15) is 6.10 Å². The van der Waals surface area contributed by atoms with Gasteiger partial charge in [-0.3, -0.25) is 0 Å². The molecular weight excluding hydrogens is 446 g/mol. The first-order valence-corrected chi connectivity index (χ1v) is 15.7. The van der Waals surface area contributed by atoms with E-state index in [1.165, 1.54) is 116 Å². The van der Waals surface area contributed by atoms with Crippen molar-refractivity contribution in [2.75, 3.05) is 0 Å². The Morgan fingerprint density at radius 3 is 1.08 bits per heavy atom. The Kier molecular flexibility index (Phi) is 25.5. The molecule has 0 aromatic heterocycles. The Morgan fingerprint density at radius 2 is 0.861 bits per heavy atom. The van der Waals surface area contributed by atoms with Crippen LogP contribution < -0.4 is 5.32 Å². The van der Waals surface area contributed by atoms with Gasteiger partial charge in [-0.15, -0.1) is 0 Å². The lowest BCUT2D eigenvalue weighted by Crippen LogP contribution is -2.59. The number of nitrogens with one attached hydrogen (secondary N) is 1. The van der Waals surface area contributed by atoms with Gasteiger partial charge >= 0.3 is 6.16 Å². The Labute approximate surface area is 227 Å². The van der Waals surface area contributed by atoms with Crippen molar-refractivity contribution in [3.8, 4) is 0 Å². The first-order chi connectivity index (χ1) is 17.0. The maximum absolute atomic E-state index is 10.4. The average molecular weight is 514 g/mol. The molecule has 1 heterocycles. The van der Waals surface area contributed by atoms with E-state index < -0.39 is 6.16 Å². The number of piperidine rings is 1. The van der Waals surface area contributed by atoms with Gasteiger partial charge in [0.15, 0.2) is 0 Å². The monoisotopic (exact) mass is 514 g/mol. The fraction of sp³-hybridized carbons (Fsp3) is 0.969. The summed E-state index contributed by atoms with van der Waals surface area (Å²) in [5, 5.41) is 12.0. The number of unbranched alkanes of at least 4 members (excludes halogenated alkanes) is 16. The van der Waals surface area contributed by atoms with Crippen molar-refractivity contribution < 1.29 is 14.6 Å². The molecule has 4 nitrogen and oxygen atoms in total. The van der Waals surface area contributed by atoms with Gasteiger partial charge in [-0.1, -0.05) is 143 Å². The molecule has 0 saturated carbocycles. The van der Waals surface area contributed by atoms with Crippen LogP contribution in [0.5, 0.6) is 0 Å². The fourth-order valence-electron chi connectivity index (χ4n) is 5.22. The number of ether oxygens (including phenoxy) is 1. The Morgan fingerprint density at radius 1 is 0.611 bits per heavy atom. The summed E-state index contributed by atoms with van der Waals surface area (Å²) in [5.41, 5.74) is -0.135. The van der Waals surface area contributed by atoms with Crippen molar-refractivity contribution in [1.82, 2.24) is 5.32 Å². The molecule has 0 aromatic carbocycles. The van der Waals surface area contributed by atoms with Crippen molar-refractivity contribution in [3.05, 3.63) is 0 Å². The van der Waals surface area contributed by atoms with Crippen LogP contribution in [0, 0.1) is 0 Å². The SMILES string of the molecule is CC1(C)CC(OC(=O)O)CC(C)(C)N1.CCCCCCCCCCC.CCCCCCCCCCC. The van der Waals surface area contributed by atoms with Crippen molar-refractivity contribution in [3.63, 3.8) is 0 Å². The standard InChI is InChI=1S/2C11H24.C10H19NO3/c2*1-3-5-7-9-11-10-8-6-4-2;1-9(2)5-7(14-8(12)13)6-10(3,4)11-9/h2*3-11H2,1-2H3;7,11H,5-6H2,1-4H3,(H,12,13). The van der Waals surface area contributed by atoms with Crippen LogP contribution in [0.2, 0.25) is 0 Å². The van der Waals surface area contributed by atoms with Crippen LogP contribution in [0.1, 0.15) is 184 Å². The highest BCUT2D eigenvalue weighted by atomic mass is 16.7.